The number of hydrogen-bond donors (Lipinski definition) is 2. The van der Waals surface area contributed by atoms with Gasteiger partial charge in [-0.3, -0.25) is 4.79 Å². The van der Waals surface area contributed by atoms with Crippen LogP contribution in [0.1, 0.15) is 29.6 Å². The molecule has 2 aromatic carbocycles. The zero-order chi connectivity index (χ0) is 20.0. The summed E-state index contributed by atoms with van der Waals surface area (Å²) in [6.45, 7) is 5.74. The minimum atomic E-state index is -3.68. The number of nitrogens with one attached hydrogen (secondary N) is 2. The van der Waals surface area contributed by atoms with Gasteiger partial charge in [0.1, 0.15) is 0 Å². The number of sulfonamides is 1. The first-order valence-corrected chi connectivity index (χ1v) is 10.8. The summed E-state index contributed by atoms with van der Waals surface area (Å²) in [7, 11) is -3.68. The Kier molecular flexibility index (Phi) is 6.49. The van der Waals surface area contributed by atoms with Crippen LogP contribution in [0.2, 0.25) is 0 Å². The molecule has 0 unspecified atom stereocenters. The number of piperidine rings is 1. The Morgan fingerprint density at radius 3 is 2.46 bits per heavy atom. The van der Waals surface area contributed by atoms with Crippen LogP contribution in [0.5, 0.6) is 0 Å². The Hall–Kier alpha value is -2.64. The van der Waals surface area contributed by atoms with Gasteiger partial charge in [0.05, 0.1) is 4.90 Å². The molecule has 1 fully saturated rings. The van der Waals surface area contributed by atoms with Crippen molar-refractivity contribution in [3.8, 4) is 0 Å². The zero-order valence-electron chi connectivity index (χ0n) is 15.7. The molecule has 1 saturated heterocycles. The molecule has 7 heteroatoms. The second-order valence-corrected chi connectivity index (χ2v) is 8.48. The first kappa shape index (κ1) is 20.1. The molecule has 3 rings (SSSR count). The molecule has 0 spiro atoms. The Morgan fingerprint density at radius 1 is 1.07 bits per heavy atom. The number of carbonyl (C=O) groups excluding carboxylic acids is 1. The molecule has 1 amide bonds. The fourth-order valence-electron chi connectivity index (χ4n) is 3.17. The Labute approximate surface area is 166 Å². The predicted octanol–water partition coefficient (Wildman–Crippen LogP) is 3.39. The van der Waals surface area contributed by atoms with Crippen molar-refractivity contribution >= 4 is 27.3 Å². The molecule has 2 N–H and O–H groups in total. The smallest absolute Gasteiger partial charge is 0.255 e. The number of amides is 1. The lowest BCUT2D eigenvalue weighted by Gasteiger charge is -2.28. The van der Waals surface area contributed by atoms with E-state index < -0.39 is 10.0 Å². The molecule has 0 bridgehead atoms. The molecule has 0 saturated carbocycles. The van der Waals surface area contributed by atoms with Crippen molar-refractivity contribution in [2.45, 2.75) is 24.2 Å². The standard InChI is InChI=1S/C21H25N3O3S/c1-2-13-22-28(26,27)20-8-6-7-17(16-20)21(25)23-18-9-11-19(12-10-18)24-14-4-3-5-15-24/h2,6-12,16,22H,1,3-5,13-15H2,(H,23,25). The van der Waals surface area contributed by atoms with Gasteiger partial charge in [-0.15, -0.1) is 6.58 Å². The van der Waals surface area contributed by atoms with Gasteiger partial charge in [-0.1, -0.05) is 12.1 Å². The van der Waals surface area contributed by atoms with E-state index in [1.807, 2.05) is 24.3 Å². The third-order valence-electron chi connectivity index (χ3n) is 4.67. The Morgan fingerprint density at radius 2 is 1.79 bits per heavy atom. The average molecular weight is 400 g/mol. The van der Waals surface area contributed by atoms with E-state index in [0.29, 0.717) is 5.69 Å². The number of benzene rings is 2. The Bertz CT molecular complexity index is 934. The predicted molar refractivity (Wildman–Crippen MR) is 112 cm³/mol. The highest BCUT2D eigenvalue weighted by molar-refractivity contribution is 7.89. The fourth-order valence-corrected chi connectivity index (χ4v) is 4.21. The number of rotatable bonds is 7. The van der Waals surface area contributed by atoms with E-state index in [0.717, 1.165) is 18.8 Å². The van der Waals surface area contributed by atoms with Gasteiger partial charge in [-0.25, -0.2) is 13.1 Å². The highest BCUT2D eigenvalue weighted by atomic mass is 32.2. The molecule has 0 atom stereocenters. The Balaban J connectivity index is 1.69. The van der Waals surface area contributed by atoms with Crippen LogP contribution in [0, 0.1) is 0 Å². The fraction of sp³-hybridized carbons (Fsp3) is 0.286. The third kappa shape index (κ3) is 4.99. The second-order valence-electron chi connectivity index (χ2n) is 6.72. The highest BCUT2D eigenvalue weighted by Crippen LogP contribution is 2.22. The van der Waals surface area contributed by atoms with Crippen molar-refractivity contribution in [2.24, 2.45) is 0 Å². The van der Waals surface area contributed by atoms with Crippen LogP contribution >= 0.6 is 0 Å². The van der Waals surface area contributed by atoms with Crippen LogP contribution in [-0.4, -0.2) is 34.0 Å². The lowest BCUT2D eigenvalue weighted by atomic mass is 10.1. The zero-order valence-corrected chi connectivity index (χ0v) is 16.5. The summed E-state index contributed by atoms with van der Waals surface area (Å²) in [5.74, 6) is -0.355. The first-order valence-electron chi connectivity index (χ1n) is 9.36. The average Bonchev–Trinajstić information content (AvgIpc) is 2.73. The van der Waals surface area contributed by atoms with E-state index in [-0.39, 0.29) is 22.9 Å². The van der Waals surface area contributed by atoms with Crippen molar-refractivity contribution < 1.29 is 13.2 Å². The summed E-state index contributed by atoms with van der Waals surface area (Å²) in [6.07, 6.45) is 5.16. The van der Waals surface area contributed by atoms with Crippen molar-refractivity contribution in [1.29, 1.82) is 0 Å². The quantitative estimate of drug-likeness (QED) is 0.700. The largest absolute Gasteiger partial charge is 0.372 e. The summed E-state index contributed by atoms with van der Waals surface area (Å²) < 4.78 is 26.8. The van der Waals surface area contributed by atoms with Crippen LogP contribution in [-0.2, 0) is 10.0 Å². The molecular formula is C21H25N3O3S. The third-order valence-corrected chi connectivity index (χ3v) is 6.09. The van der Waals surface area contributed by atoms with Crippen LogP contribution in [0.3, 0.4) is 0 Å². The molecule has 148 valence electrons. The van der Waals surface area contributed by atoms with Gasteiger partial charge in [0, 0.05) is 36.6 Å². The second kappa shape index (κ2) is 9.03. The van der Waals surface area contributed by atoms with Crippen molar-refractivity contribution in [3.63, 3.8) is 0 Å². The van der Waals surface area contributed by atoms with Crippen molar-refractivity contribution in [1.82, 2.24) is 4.72 Å². The van der Waals surface area contributed by atoms with E-state index in [4.69, 9.17) is 0 Å². The number of nitrogens with zero attached hydrogens (tertiary/aromatic N) is 1. The van der Waals surface area contributed by atoms with E-state index in [2.05, 4.69) is 21.5 Å². The molecule has 1 aliphatic rings. The monoisotopic (exact) mass is 399 g/mol. The van der Waals surface area contributed by atoms with Gasteiger partial charge in [0.25, 0.3) is 5.91 Å². The van der Waals surface area contributed by atoms with Gasteiger partial charge >= 0.3 is 0 Å². The minimum Gasteiger partial charge on any atom is -0.372 e. The van der Waals surface area contributed by atoms with E-state index in [1.165, 1.54) is 37.5 Å². The van der Waals surface area contributed by atoms with Gasteiger partial charge in [-0.05, 0) is 61.7 Å². The summed E-state index contributed by atoms with van der Waals surface area (Å²) in [4.78, 5) is 14.9. The summed E-state index contributed by atoms with van der Waals surface area (Å²) in [6, 6.07) is 13.7. The topological polar surface area (TPSA) is 78.5 Å². The van der Waals surface area contributed by atoms with E-state index in [9.17, 15) is 13.2 Å². The molecule has 0 aliphatic carbocycles. The molecule has 0 aromatic heterocycles. The lowest BCUT2D eigenvalue weighted by molar-refractivity contribution is 0.102. The van der Waals surface area contributed by atoms with Crippen molar-refractivity contribution in [2.75, 3.05) is 29.9 Å². The molecule has 2 aromatic rings. The molecule has 0 radical (unpaired) electrons. The van der Waals surface area contributed by atoms with Gasteiger partial charge < -0.3 is 10.2 Å². The minimum absolute atomic E-state index is 0.0439. The van der Waals surface area contributed by atoms with Gasteiger partial charge in [0.2, 0.25) is 10.0 Å². The van der Waals surface area contributed by atoms with Crippen LogP contribution < -0.4 is 14.9 Å². The van der Waals surface area contributed by atoms with Crippen LogP contribution in [0.15, 0.2) is 66.1 Å². The number of anilines is 2. The maximum atomic E-state index is 12.5. The molecule has 6 nitrogen and oxygen atoms in total. The van der Waals surface area contributed by atoms with Crippen LogP contribution in [0.4, 0.5) is 11.4 Å². The summed E-state index contributed by atoms with van der Waals surface area (Å²) in [5.41, 5.74) is 2.10. The number of hydrogen-bond acceptors (Lipinski definition) is 4. The maximum Gasteiger partial charge on any atom is 0.255 e. The maximum absolute atomic E-state index is 12.5. The molecule has 1 aliphatic heterocycles. The molecule has 28 heavy (non-hydrogen) atoms. The van der Waals surface area contributed by atoms with E-state index in [1.54, 1.807) is 12.1 Å². The van der Waals surface area contributed by atoms with Gasteiger partial charge in [0.15, 0.2) is 0 Å². The summed E-state index contributed by atoms with van der Waals surface area (Å²) >= 11 is 0. The normalized spacial score (nSPS) is 14.5. The number of carbonyl (C=O) groups is 1. The lowest BCUT2D eigenvalue weighted by Crippen LogP contribution is -2.29. The highest BCUT2D eigenvalue weighted by Gasteiger charge is 2.16. The first-order chi connectivity index (χ1) is 13.5. The van der Waals surface area contributed by atoms with E-state index >= 15 is 0 Å². The van der Waals surface area contributed by atoms with Crippen LogP contribution in [0.25, 0.3) is 0 Å². The SMILES string of the molecule is C=CCNS(=O)(=O)c1cccc(C(=O)Nc2ccc(N3CCCCC3)cc2)c1. The van der Waals surface area contributed by atoms with Crippen molar-refractivity contribution in [3.05, 3.63) is 66.7 Å². The molecular weight excluding hydrogens is 374 g/mol. The van der Waals surface area contributed by atoms with Gasteiger partial charge in [-0.2, -0.15) is 0 Å². The molecule has 1 heterocycles. The summed E-state index contributed by atoms with van der Waals surface area (Å²) in [5, 5.41) is 2.82.